The molecule has 10 heteroatoms. The zero-order valence-corrected chi connectivity index (χ0v) is 16.4. The summed E-state index contributed by atoms with van der Waals surface area (Å²) in [5.74, 6) is -0.0116. The Morgan fingerprint density at radius 2 is 1.58 bits per heavy atom. The molecule has 0 aliphatic rings. The molecule has 0 unspecified atom stereocenters. The van der Waals surface area contributed by atoms with Gasteiger partial charge in [0.1, 0.15) is 5.82 Å². The summed E-state index contributed by atoms with van der Waals surface area (Å²) in [7, 11) is 0. The molecule has 3 aromatic rings. The molecule has 1 heterocycles. The van der Waals surface area contributed by atoms with Crippen LogP contribution in [-0.2, 0) is 13.1 Å². The molecule has 0 saturated carbocycles. The molecule has 158 valence electrons. The number of rotatable bonds is 7. The van der Waals surface area contributed by atoms with Crippen LogP contribution in [0.1, 0.15) is 21.5 Å². The number of non-ortho nitro benzene ring substituents is 1. The number of urea groups is 1. The molecule has 0 aliphatic heterocycles. The predicted octanol–water partition coefficient (Wildman–Crippen LogP) is 2.91. The maximum Gasteiger partial charge on any atom is 0.315 e. The molecule has 10 nitrogen and oxygen atoms in total. The molecule has 0 saturated heterocycles. The quantitative estimate of drug-likeness (QED) is 0.394. The number of hydrogen-bond acceptors (Lipinski definition) is 6. The minimum Gasteiger partial charge on any atom is -0.384 e. The number of carbonyl (C=O) groups is 2. The number of pyridine rings is 1. The normalized spacial score (nSPS) is 10.3. The minimum atomic E-state index is -0.629. The highest BCUT2D eigenvalue weighted by Gasteiger charge is 2.13. The highest BCUT2D eigenvalue weighted by molar-refractivity contribution is 6.04. The Morgan fingerprint density at radius 1 is 1.00 bits per heavy atom. The van der Waals surface area contributed by atoms with Gasteiger partial charge in [-0.05, 0) is 29.3 Å². The second-order valence-electron chi connectivity index (χ2n) is 6.74. The zero-order chi connectivity index (χ0) is 22.4. The predicted molar refractivity (Wildman–Crippen MR) is 115 cm³/mol. The number of nitrogens with two attached hydrogens (primary N) is 2. The van der Waals surface area contributed by atoms with Gasteiger partial charge in [-0.2, -0.15) is 0 Å². The fraction of sp³-hybridized carbons (Fsp3) is 0.0952. The monoisotopic (exact) mass is 420 g/mol. The molecule has 5 N–H and O–H groups in total. The van der Waals surface area contributed by atoms with Gasteiger partial charge in [-0.1, -0.05) is 24.3 Å². The third kappa shape index (κ3) is 5.76. The molecular weight excluding hydrogens is 400 g/mol. The number of benzene rings is 2. The number of carbonyl (C=O) groups excluding carboxylic acids is 2. The number of anilines is 2. The lowest BCUT2D eigenvalue weighted by molar-refractivity contribution is -0.384. The van der Waals surface area contributed by atoms with Crippen LogP contribution >= 0.6 is 0 Å². The highest BCUT2D eigenvalue weighted by atomic mass is 16.6. The van der Waals surface area contributed by atoms with Crippen molar-refractivity contribution >= 4 is 29.1 Å². The van der Waals surface area contributed by atoms with Crippen LogP contribution in [0.3, 0.4) is 0 Å². The van der Waals surface area contributed by atoms with Crippen LogP contribution in [0.25, 0.3) is 0 Å². The molecule has 3 amide bonds. The number of primary amides is 1. The van der Waals surface area contributed by atoms with Crippen molar-refractivity contribution in [1.82, 2.24) is 9.88 Å². The lowest BCUT2D eigenvalue weighted by Gasteiger charge is -2.20. The highest BCUT2D eigenvalue weighted by Crippen LogP contribution is 2.16. The van der Waals surface area contributed by atoms with Crippen LogP contribution in [0.5, 0.6) is 0 Å². The zero-order valence-electron chi connectivity index (χ0n) is 16.4. The Morgan fingerprint density at radius 3 is 2.10 bits per heavy atom. The summed E-state index contributed by atoms with van der Waals surface area (Å²) in [5, 5.41) is 13.5. The van der Waals surface area contributed by atoms with Gasteiger partial charge in [-0.15, -0.1) is 0 Å². The summed E-state index contributed by atoms with van der Waals surface area (Å²) in [6.07, 6.45) is 1.50. The van der Waals surface area contributed by atoms with E-state index in [4.69, 9.17) is 11.5 Å². The van der Waals surface area contributed by atoms with Gasteiger partial charge in [0.05, 0.1) is 4.92 Å². The van der Waals surface area contributed by atoms with Crippen LogP contribution in [-0.4, -0.2) is 26.7 Å². The SMILES string of the molecule is NC(=O)N(Cc1ccc(C(=O)Nc2ccnc(N)c2)cc1)Cc1ccc([N+](=O)[O-])cc1. The largest absolute Gasteiger partial charge is 0.384 e. The smallest absolute Gasteiger partial charge is 0.315 e. The number of nitrogen functional groups attached to an aromatic ring is 1. The van der Waals surface area contributed by atoms with Crippen molar-refractivity contribution < 1.29 is 14.5 Å². The van der Waals surface area contributed by atoms with Crippen molar-refractivity contribution in [2.45, 2.75) is 13.1 Å². The average Bonchev–Trinajstić information content (AvgIpc) is 2.74. The maximum absolute atomic E-state index is 12.4. The molecule has 0 fully saturated rings. The van der Waals surface area contributed by atoms with Crippen molar-refractivity contribution in [2.75, 3.05) is 11.1 Å². The van der Waals surface area contributed by atoms with Crippen molar-refractivity contribution in [3.8, 4) is 0 Å². The molecule has 0 spiro atoms. The van der Waals surface area contributed by atoms with Gasteiger partial charge >= 0.3 is 6.03 Å². The summed E-state index contributed by atoms with van der Waals surface area (Å²) >= 11 is 0. The molecule has 0 bridgehead atoms. The van der Waals surface area contributed by atoms with Crippen molar-refractivity contribution in [3.63, 3.8) is 0 Å². The first-order valence-electron chi connectivity index (χ1n) is 9.21. The van der Waals surface area contributed by atoms with Crippen molar-refractivity contribution in [2.24, 2.45) is 5.73 Å². The summed E-state index contributed by atoms with van der Waals surface area (Å²) in [6, 6.07) is 15.2. The van der Waals surface area contributed by atoms with Crippen LogP contribution in [0.15, 0.2) is 66.9 Å². The van der Waals surface area contributed by atoms with Gasteiger partial charge in [0, 0.05) is 48.7 Å². The fourth-order valence-electron chi connectivity index (χ4n) is 2.87. The maximum atomic E-state index is 12.4. The van der Waals surface area contributed by atoms with Gasteiger partial charge in [-0.25, -0.2) is 9.78 Å². The van der Waals surface area contributed by atoms with E-state index < -0.39 is 11.0 Å². The molecule has 0 atom stereocenters. The van der Waals surface area contributed by atoms with E-state index in [1.807, 2.05) is 0 Å². The van der Waals surface area contributed by atoms with E-state index in [1.165, 1.54) is 23.2 Å². The number of nitrogens with zero attached hydrogens (tertiary/aromatic N) is 3. The van der Waals surface area contributed by atoms with Crippen LogP contribution in [0, 0.1) is 10.1 Å². The third-order valence-corrected chi connectivity index (χ3v) is 4.46. The molecule has 0 aliphatic carbocycles. The molecular formula is C21H20N6O4. The number of nitro groups is 1. The third-order valence-electron chi connectivity index (χ3n) is 4.46. The first-order valence-corrected chi connectivity index (χ1v) is 9.21. The van der Waals surface area contributed by atoms with Gasteiger partial charge in [0.2, 0.25) is 0 Å². The van der Waals surface area contributed by atoms with Gasteiger partial charge in [-0.3, -0.25) is 14.9 Å². The van der Waals surface area contributed by atoms with Crippen molar-refractivity contribution in [3.05, 3.63) is 93.7 Å². The molecule has 0 radical (unpaired) electrons. The Bertz CT molecular complexity index is 1100. The topological polar surface area (TPSA) is 157 Å². The first kappa shape index (κ1) is 21.2. The minimum absolute atomic E-state index is 0.0299. The number of hydrogen-bond donors (Lipinski definition) is 3. The van der Waals surface area contributed by atoms with Crippen LogP contribution < -0.4 is 16.8 Å². The average molecular weight is 420 g/mol. The summed E-state index contributed by atoms with van der Waals surface area (Å²) < 4.78 is 0. The Kier molecular flexibility index (Phi) is 6.41. The lowest BCUT2D eigenvalue weighted by Crippen LogP contribution is -2.34. The van der Waals surface area contributed by atoms with Crippen LogP contribution in [0.4, 0.5) is 22.0 Å². The standard InChI is InChI=1S/C21H20N6O4/c22-19-11-17(9-10-24-19)25-20(28)16-5-1-14(2-6-16)12-26(21(23)29)13-15-3-7-18(8-4-15)27(30)31/h1-11H,12-13H2,(H2,23,29)(H3,22,24,25,28). The van der Waals surface area contributed by atoms with E-state index in [9.17, 15) is 19.7 Å². The second-order valence-corrected chi connectivity index (χ2v) is 6.74. The van der Waals surface area contributed by atoms with E-state index in [0.717, 1.165) is 5.56 Å². The van der Waals surface area contributed by atoms with Gasteiger partial charge in [0.25, 0.3) is 11.6 Å². The second kappa shape index (κ2) is 9.35. The lowest BCUT2D eigenvalue weighted by atomic mass is 10.1. The van der Waals surface area contributed by atoms with Crippen molar-refractivity contribution in [1.29, 1.82) is 0 Å². The van der Waals surface area contributed by atoms with E-state index in [-0.39, 0.29) is 24.7 Å². The molecule has 31 heavy (non-hydrogen) atoms. The first-order chi connectivity index (χ1) is 14.8. The number of amides is 3. The number of nitro benzene ring substituents is 1. The number of nitrogens with one attached hydrogen (secondary N) is 1. The van der Waals surface area contributed by atoms with E-state index in [0.29, 0.717) is 22.6 Å². The Hall–Kier alpha value is -4.47. The Balaban J connectivity index is 1.65. The molecule has 1 aromatic heterocycles. The van der Waals surface area contributed by atoms with E-state index in [2.05, 4.69) is 10.3 Å². The number of aromatic nitrogens is 1. The summed E-state index contributed by atoms with van der Waals surface area (Å²) in [6.45, 7) is 0.411. The van der Waals surface area contributed by atoms with Crippen LogP contribution in [0.2, 0.25) is 0 Å². The fourth-order valence-corrected chi connectivity index (χ4v) is 2.87. The van der Waals surface area contributed by atoms with E-state index >= 15 is 0 Å². The van der Waals surface area contributed by atoms with Gasteiger partial charge < -0.3 is 21.7 Å². The summed E-state index contributed by atoms with van der Waals surface area (Å²) in [4.78, 5) is 39.8. The summed E-state index contributed by atoms with van der Waals surface area (Å²) in [5.41, 5.74) is 13.5. The van der Waals surface area contributed by atoms with Gasteiger partial charge in [0.15, 0.2) is 0 Å². The van der Waals surface area contributed by atoms with E-state index in [1.54, 1.807) is 48.5 Å². The molecule has 3 rings (SSSR count). The Labute approximate surface area is 177 Å². The molecule has 2 aromatic carbocycles.